The Balaban J connectivity index is 0.000000218. The monoisotopic (exact) mass is 1140 g/mol. The van der Waals surface area contributed by atoms with Gasteiger partial charge in [-0.2, -0.15) is 27.9 Å². The van der Waals surface area contributed by atoms with Crippen molar-refractivity contribution < 1.29 is 54.9 Å². The van der Waals surface area contributed by atoms with E-state index in [0.717, 1.165) is 51.1 Å². The molecule has 6 aromatic rings. The number of aryl methyl sites for hydroxylation is 3. The maximum absolute atomic E-state index is 13.4. The number of benzene rings is 4. The van der Waals surface area contributed by atoms with Gasteiger partial charge in [-0.25, -0.2) is 9.11 Å². The first-order valence-electron chi connectivity index (χ1n) is 26.1. The molecule has 3 N–H and O–H groups in total. The molecule has 2 aromatic heterocycles. The van der Waals surface area contributed by atoms with Crippen molar-refractivity contribution in [2.45, 2.75) is 117 Å². The number of pyridine rings is 1. The summed E-state index contributed by atoms with van der Waals surface area (Å²) in [5, 5.41) is 27.4. The molecule has 0 bridgehead atoms. The summed E-state index contributed by atoms with van der Waals surface area (Å²) in [6, 6.07) is 25.5. The molecule has 4 aromatic carbocycles. The molecule has 2 aliphatic heterocycles. The molecule has 8 rings (SSSR count). The maximum atomic E-state index is 13.4. The number of aromatic hydroxyl groups is 1. The summed E-state index contributed by atoms with van der Waals surface area (Å²) in [6.45, 7) is 22.7. The number of phenols is 1. The van der Waals surface area contributed by atoms with Crippen molar-refractivity contribution in [3.05, 3.63) is 130 Å². The van der Waals surface area contributed by atoms with E-state index in [1.54, 1.807) is 48.5 Å². The number of amides is 3. The van der Waals surface area contributed by atoms with Crippen molar-refractivity contribution in [3.63, 3.8) is 0 Å². The Kier molecular flexibility index (Phi) is 20.7. The number of anilines is 1. The molecule has 79 heavy (non-hydrogen) atoms. The van der Waals surface area contributed by atoms with E-state index in [4.69, 9.17) is 29.8 Å². The lowest BCUT2D eigenvalue weighted by molar-refractivity contribution is -0.578. The molecule has 424 valence electrons. The topological polar surface area (TPSA) is 236 Å². The fourth-order valence-electron chi connectivity index (χ4n) is 8.34. The van der Waals surface area contributed by atoms with Gasteiger partial charge >= 0.3 is 6.03 Å². The second-order valence-corrected chi connectivity index (χ2v) is 23.8. The minimum absolute atomic E-state index is 0.0118. The summed E-state index contributed by atoms with van der Waals surface area (Å²) in [6.07, 6.45) is 4.93. The van der Waals surface area contributed by atoms with Crippen molar-refractivity contribution in [1.29, 1.82) is 0 Å². The van der Waals surface area contributed by atoms with E-state index in [2.05, 4.69) is 74.3 Å². The van der Waals surface area contributed by atoms with Crippen LogP contribution in [0, 0.1) is 19.8 Å². The number of rotatable bonds is 15. The van der Waals surface area contributed by atoms with Gasteiger partial charge in [0, 0.05) is 5.56 Å². The number of morpholine rings is 1. The Morgan fingerprint density at radius 1 is 0.911 bits per heavy atom. The molecule has 0 aliphatic carbocycles. The van der Waals surface area contributed by atoms with Crippen molar-refractivity contribution >= 4 is 73.2 Å². The smallest absolute Gasteiger partial charge is 0.498 e. The molecule has 1 fully saturated rings. The average molecular weight is 1140 g/mol. The van der Waals surface area contributed by atoms with Gasteiger partial charge in [-0.15, -0.1) is 15.0 Å². The number of carbonyl (C=O) groups is 3. The van der Waals surface area contributed by atoms with E-state index >= 15 is 0 Å². The van der Waals surface area contributed by atoms with Crippen LogP contribution in [0.3, 0.4) is 0 Å². The lowest BCUT2D eigenvalue weighted by atomic mass is 9.76. The van der Waals surface area contributed by atoms with Gasteiger partial charge in [0.1, 0.15) is 47.1 Å². The summed E-state index contributed by atoms with van der Waals surface area (Å²) in [5.41, 5.74) is 7.34. The van der Waals surface area contributed by atoms with Crippen LogP contribution in [0.5, 0.6) is 11.5 Å². The van der Waals surface area contributed by atoms with Crippen LogP contribution in [-0.2, 0) is 57.0 Å². The highest BCUT2D eigenvalue weighted by atomic mass is 35.5. The van der Waals surface area contributed by atoms with Crippen LogP contribution in [0.1, 0.15) is 102 Å². The molecule has 3 unspecified atom stereocenters. The number of fused-ring (bicyclic) bond motifs is 1. The minimum Gasteiger partial charge on any atom is -0.505 e. The van der Waals surface area contributed by atoms with Crippen LogP contribution in [0.15, 0.2) is 107 Å². The average Bonchev–Trinajstić information content (AvgIpc) is 4.06. The predicted molar refractivity (Wildman–Crippen MR) is 305 cm³/mol. The highest BCUT2D eigenvalue weighted by Gasteiger charge is 2.37. The number of amidine groups is 1. The number of hydrogen-bond donors (Lipinski definition) is 3. The van der Waals surface area contributed by atoms with E-state index in [1.807, 2.05) is 63.2 Å². The van der Waals surface area contributed by atoms with Crippen LogP contribution in [0.25, 0.3) is 16.7 Å². The second-order valence-electron chi connectivity index (χ2n) is 20.5. The molecule has 19 nitrogen and oxygen atoms in total. The molecular weight excluding hydrogens is 1070 g/mol. The summed E-state index contributed by atoms with van der Waals surface area (Å²) in [5.74, 6) is -0.660. The van der Waals surface area contributed by atoms with E-state index in [9.17, 15) is 32.1 Å². The Morgan fingerprint density at radius 2 is 1.54 bits per heavy atom. The third kappa shape index (κ3) is 15.6. The SMILES string of the molecule is CCC(Oc1ccc(C(C)(C)CC)cc1C(C)(C)CC)C(=O)NC1=NN(c2ccc(S(=O)OC)cc2Cl)C(=O)C1C.Cc1cc(C)c(O)c(-n2nc3ccccc3n2)c1.O=C(N1CCOCC1)[n+]1ccc(CCS(=O)(=O)O)cc1. The van der Waals surface area contributed by atoms with Crippen LogP contribution in [-0.4, -0.2) is 111 Å². The number of nitrogens with one attached hydrogen (secondary N) is 1. The standard InChI is InChI=1S/C31H42ClN3O5S.C14H13N3O.C12H16N2O5S/c1-10-25(40-26-16-13-20(30(5,6)11-2)17-22(26)31(7,8)12-3)28(36)33-27-19(4)29(37)35(34-27)24-15-14-21(18-23(24)32)41(38)39-9;1-9-7-10(2)14(18)13(8-9)17-15-11-5-3-4-6-12(11)16-17;15-12(14-6-8-19-9-7-14)13-4-1-11(2-5-13)3-10-20(16,17)18/h13-19,25H,10-12H2,1-9H3,(H,33,34,36);3-8,18H,1-2H3;1-2,4-5H,3,6-10H2/p+1. The Bertz CT molecular complexity index is 3290. The van der Waals surface area contributed by atoms with Gasteiger partial charge in [0.15, 0.2) is 17.2 Å². The molecule has 4 heterocycles. The third-order valence-electron chi connectivity index (χ3n) is 14.1. The van der Waals surface area contributed by atoms with Crippen LogP contribution in [0.4, 0.5) is 10.5 Å². The van der Waals surface area contributed by atoms with Crippen molar-refractivity contribution in [1.82, 2.24) is 25.2 Å². The van der Waals surface area contributed by atoms with Crippen LogP contribution >= 0.6 is 11.6 Å². The van der Waals surface area contributed by atoms with E-state index in [0.29, 0.717) is 54.7 Å². The molecule has 3 amide bonds. The molecule has 1 saturated heterocycles. The van der Waals surface area contributed by atoms with Gasteiger partial charge in [-0.1, -0.05) is 90.4 Å². The zero-order valence-corrected chi connectivity index (χ0v) is 49.0. The maximum Gasteiger partial charge on any atom is 0.498 e. The summed E-state index contributed by atoms with van der Waals surface area (Å²) >= 11 is 4.72. The van der Waals surface area contributed by atoms with Gasteiger partial charge in [-0.3, -0.25) is 18.3 Å². The summed E-state index contributed by atoms with van der Waals surface area (Å²) < 4.78 is 59.8. The minimum atomic E-state index is -3.96. The van der Waals surface area contributed by atoms with Crippen LogP contribution in [0.2, 0.25) is 5.02 Å². The number of aromatic nitrogens is 4. The Morgan fingerprint density at radius 3 is 2.11 bits per heavy atom. The van der Waals surface area contributed by atoms with E-state index < -0.39 is 33.2 Å². The quantitative estimate of drug-likeness (QED) is 0.0643. The molecule has 0 radical (unpaired) electrons. The van der Waals surface area contributed by atoms with Crippen molar-refractivity contribution in [3.8, 4) is 17.2 Å². The number of hydrazone groups is 1. The van der Waals surface area contributed by atoms with Crippen LogP contribution < -0.4 is 19.6 Å². The zero-order valence-electron chi connectivity index (χ0n) is 46.6. The number of halogens is 1. The highest BCUT2D eigenvalue weighted by Crippen LogP contribution is 2.39. The predicted octanol–water partition coefficient (Wildman–Crippen LogP) is 9.10. The number of nitrogens with zero attached hydrogens (tertiary/aromatic N) is 7. The lowest BCUT2D eigenvalue weighted by Crippen LogP contribution is -2.55. The third-order valence-corrected chi connectivity index (χ3v) is 16.1. The Hall–Kier alpha value is -6.62. The summed E-state index contributed by atoms with van der Waals surface area (Å²) in [7, 11) is -2.64. The molecule has 22 heteroatoms. The van der Waals surface area contributed by atoms with Gasteiger partial charge in [0.05, 0.1) is 60.0 Å². The summed E-state index contributed by atoms with van der Waals surface area (Å²) in [4.78, 5) is 42.2. The van der Waals surface area contributed by atoms with Gasteiger partial charge in [-0.05, 0) is 134 Å². The largest absolute Gasteiger partial charge is 0.505 e. The number of ether oxygens (including phenoxy) is 2. The Labute approximate surface area is 470 Å². The molecule has 2 aliphatic rings. The number of hydrogen-bond acceptors (Lipinski definition) is 13. The van der Waals surface area contributed by atoms with Crippen molar-refractivity contribution in [2.24, 2.45) is 11.0 Å². The molecule has 0 saturated carbocycles. The molecule has 3 atom stereocenters. The van der Waals surface area contributed by atoms with Gasteiger partial charge in [0.25, 0.3) is 21.9 Å². The number of carbonyl (C=O) groups excluding carboxylic acids is 3. The highest BCUT2D eigenvalue weighted by molar-refractivity contribution is 7.85. The second kappa shape index (κ2) is 26.6. The zero-order chi connectivity index (χ0) is 58.0. The molecular formula is C57H72ClN8O11S2+. The van der Waals surface area contributed by atoms with Gasteiger partial charge in [0.2, 0.25) is 0 Å². The van der Waals surface area contributed by atoms with E-state index in [-0.39, 0.29) is 57.5 Å². The van der Waals surface area contributed by atoms with Gasteiger partial charge < -0.3 is 19.9 Å². The van der Waals surface area contributed by atoms with E-state index in [1.165, 1.54) is 28.1 Å². The number of phenolic OH excluding ortho intramolecular Hbond substituents is 1. The fraction of sp³-hybridized carbons (Fsp3) is 0.421. The fourth-order valence-corrected chi connectivity index (χ4v) is 9.75. The normalized spacial score (nSPS) is 15.6. The first-order valence-corrected chi connectivity index (χ1v) is 29.1. The van der Waals surface area contributed by atoms with Crippen molar-refractivity contribution in [2.75, 3.05) is 44.2 Å². The first kappa shape index (κ1) is 61.6. The first-order chi connectivity index (χ1) is 37.3. The molecule has 0 spiro atoms. The lowest BCUT2D eigenvalue weighted by Gasteiger charge is -2.31.